The molecule has 0 bridgehead atoms. The molecule has 4 rings (SSSR count). The van der Waals surface area contributed by atoms with E-state index in [2.05, 4.69) is 0 Å². The Kier molecular flexibility index (Phi) is 5.71. The van der Waals surface area contributed by atoms with Crippen molar-refractivity contribution < 1.29 is 13.9 Å². The highest BCUT2D eigenvalue weighted by Crippen LogP contribution is 2.29. The minimum Gasteiger partial charge on any atom is -0.489 e. The maximum absolute atomic E-state index is 12.8. The molecule has 0 saturated carbocycles. The van der Waals surface area contributed by atoms with E-state index in [1.807, 2.05) is 38.1 Å². The Morgan fingerprint density at radius 2 is 1.70 bits per heavy atom. The van der Waals surface area contributed by atoms with Gasteiger partial charge in [0.25, 0.3) is 0 Å². The van der Waals surface area contributed by atoms with Crippen molar-refractivity contribution in [3.63, 3.8) is 0 Å². The number of halogens is 2. The standard InChI is InChI=1S/C24H18Cl2O4/c1-14-8-19(9-15(2)23(14)26)30-22-13-29-21-11-18(6-7-20(21)24(22)27)28-12-16-4-3-5-17(25)10-16/h3-11,13H,12H2,1-2H3. The molecule has 152 valence electrons. The lowest BCUT2D eigenvalue weighted by molar-refractivity contribution is 0.306. The molecule has 0 spiro atoms. The van der Waals surface area contributed by atoms with Crippen molar-refractivity contribution in [3.8, 4) is 17.2 Å². The monoisotopic (exact) mass is 440 g/mol. The second-order valence-electron chi connectivity index (χ2n) is 6.98. The topological polar surface area (TPSA) is 48.7 Å². The highest BCUT2D eigenvalue weighted by atomic mass is 35.5. The van der Waals surface area contributed by atoms with Gasteiger partial charge in [0.2, 0.25) is 11.2 Å². The number of ether oxygens (including phenoxy) is 2. The summed E-state index contributed by atoms with van der Waals surface area (Å²) in [5, 5.41) is 1.74. The first-order chi connectivity index (χ1) is 14.4. The summed E-state index contributed by atoms with van der Waals surface area (Å²) in [5.74, 6) is 1.22. The molecule has 0 fully saturated rings. The molecule has 30 heavy (non-hydrogen) atoms. The number of rotatable bonds is 5. The molecule has 0 radical (unpaired) electrons. The van der Waals surface area contributed by atoms with Crippen molar-refractivity contribution in [1.29, 1.82) is 0 Å². The van der Waals surface area contributed by atoms with Crippen LogP contribution in [0.1, 0.15) is 16.7 Å². The second-order valence-corrected chi connectivity index (χ2v) is 7.79. The summed E-state index contributed by atoms with van der Waals surface area (Å²) in [5.41, 5.74) is 2.85. The van der Waals surface area contributed by atoms with Crippen LogP contribution in [-0.2, 0) is 6.61 Å². The molecule has 1 heterocycles. The largest absolute Gasteiger partial charge is 0.489 e. The van der Waals surface area contributed by atoms with Gasteiger partial charge in [-0.1, -0.05) is 35.3 Å². The smallest absolute Gasteiger partial charge is 0.235 e. The highest BCUT2D eigenvalue weighted by molar-refractivity contribution is 6.32. The van der Waals surface area contributed by atoms with E-state index in [9.17, 15) is 4.79 Å². The molecule has 0 aliphatic rings. The Morgan fingerprint density at radius 1 is 0.933 bits per heavy atom. The Bertz CT molecular complexity index is 1270. The zero-order valence-corrected chi connectivity index (χ0v) is 17.9. The molecule has 0 unspecified atom stereocenters. The van der Waals surface area contributed by atoms with Gasteiger partial charge in [0.1, 0.15) is 30.0 Å². The predicted octanol–water partition coefficient (Wildman–Crippen LogP) is 7.09. The van der Waals surface area contributed by atoms with Crippen LogP contribution in [0.5, 0.6) is 17.2 Å². The minimum atomic E-state index is -0.261. The summed E-state index contributed by atoms with van der Waals surface area (Å²) in [6, 6.07) is 16.1. The van der Waals surface area contributed by atoms with E-state index in [-0.39, 0.29) is 11.2 Å². The molecule has 0 saturated heterocycles. The number of benzene rings is 3. The quantitative estimate of drug-likeness (QED) is 0.332. The lowest BCUT2D eigenvalue weighted by Gasteiger charge is -2.10. The Labute approximate surface area is 183 Å². The Morgan fingerprint density at radius 3 is 2.43 bits per heavy atom. The molecular formula is C24H18Cl2O4. The van der Waals surface area contributed by atoms with Crippen LogP contribution < -0.4 is 14.9 Å². The molecule has 0 aliphatic carbocycles. The molecule has 0 N–H and O–H groups in total. The molecule has 3 aromatic carbocycles. The van der Waals surface area contributed by atoms with Crippen molar-refractivity contribution in [2.45, 2.75) is 20.5 Å². The number of aryl methyl sites for hydroxylation is 2. The van der Waals surface area contributed by atoms with Gasteiger partial charge in [0, 0.05) is 16.1 Å². The van der Waals surface area contributed by atoms with Gasteiger partial charge in [0.05, 0.1) is 5.39 Å². The van der Waals surface area contributed by atoms with E-state index in [0.29, 0.717) is 39.1 Å². The third-order valence-corrected chi connectivity index (χ3v) is 5.48. The van der Waals surface area contributed by atoms with Crippen LogP contribution in [0.4, 0.5) is 0 Å². The van der Waals surface area contributed by atoms with Gasteiger partial charge in [-0.2, -0.15) is 0 Å². The predicted molar refractivity (Wildman–Crippen MR) is 119 cm³/mol. The molecule has 0 aliphatic heterocycles. The molecule has 0 amide bonds. The second kappa shape index (κ2) is 8.42. The zero-order valence-electron chi connectivity index (χ0n) is 16.4. The summed E-state index contributed by atoms with van der Waals surface area (Å²) >= 11 is 12.2. The summed E-state index contributed by atoms with van der Waals surface area (Å²) in [7, 11) is 0. The lowest BCUT2D eigenvalue weighted by Crippen LogP contribution is -2.05. The fraction of sp³-hybridized carbons (Fsp3) is 0.125. The van der Waals surface area contributed by atoms with Gasteiger partial charge >= 0.3 is 0 Å². The van der Waals surface area contributed by atoms with Crippen molar-refractivity contribution in [2.75, 3.05) is 0 Å². The maximum atomic E-state index is 12.8. The fourth-order valence-corrected chi connectivity index (χ4v) is 3.46. The van der Waals surface area contributed by atoms with E-state index >= 15 is 0 Å². The molecule has 6 heteroatoms. The molecule has 4 nitrogen and oxygen atoms in total. The van der Waals surface area contributed by atoms with Crippen LogP contribution in [0.3, 0.4) is 0 Å². The van der Waals surface area contributed by atoms with Gasteiger partial charge < -0.3 is 13.9 Å². The first-order valence-corrected chi connectivity index (χ1v) is 10.0. The van der Waals surface area contributed by atoms with Crippen molar-refractivity contribution >= 4 is 34.2 Å². The van der Waals surface area contributed by atoms with Crippen LogP contribution in [0.15, 0.2) is 70.1 Å². The molecular weight excluding hydrogens is 423 g/mol. The maximum Gasteiger partial charge on any atom is 0.235 e. The van der Waals surface area contributed by atoms with Crippen LogP contribution in [-0.4, -0.2) is 0 Å². The number of hydrogen-bond donors (Lipinski definition) is 0. The third kappa shape index (κ3) is 4.30. The van der Waals surface area contributed by atoms with Crippen LogP contribution >= 0.6 is 23.2 Å². The summed E-state index contributed by atoms with van der Waals surface area (Å²) in [6.07, 6.45) is 1.31. The minimum absolute atomic E-state index is 0.108. The van der Waals surface area contributed by atoms with Gasteiger partial charge in [-0.05, 0) is 66.9 Å². The average Bonchev–Trinajstić information content (AvgIpc) is 2.72. The van der Waals surface area contributed by atoms with Crippen molar-refractivity contribution in [2.24, 2.45) is 0 Å². The summed E-state index contributed by atoms with van der Waals surface area (Å²) in [6.45, 7) is 4.12. The Hall–Kier alpha value is -2.95. The SMILES string of the molecule is Cc1cc(Oc2coc3cc(OCc4cccc(Cl)c4)ccc3c2=O)cc(C)c1Cl. The van der Waals surface area contributed by atoms with E-state index in [0.717, 1.165) is 16.7 Å². The Balaban J connectivity index is 1.57. The van der Waals surface area contributed by atoms with Gasteiger partial charge in [-0.15, -0.1) is 0 Å². The first kappa shape index (κ1) is 20.3. The summed E-state index contributed by atoms with van der Waals surface area (Å²) < 4.78 is 17.2. The zero-order chi connectivity index (χ0) is 21.3. The van der Waals surface area contributed by atoms with Crippen molar-refractivity contribution in [1.82, 2.24) is 0 Å². The van der Waals surface area contributed by atoms with E-state index in [4.69, 9.17) is 37.1 Å². The first-order valence-electron chi connectivity index (χ1n) is 9.28. The molecule has 1 aromatic heterocycles. The van der Waals surface area contributed by atoms with Gasteiger partial charge in [-0.25, -0.2) is 0 Å². The van der Waals surface area contributed by atoms with Gasteiger partial charge in [-0.3, -0.25) is 4.79 Å². The van der Waals surface area contributed by atoms with Crippen molar-refractivity contribution in [3.05, 3.63) is 97.8 Å². The fourth-order valence-electron chi connectivity index (χ4n) is 3.14. The van der Waals surface area contributed by atoms with E-state index in [1.165, 1.54) is 6.26 Å². The van der Waals surface area contributed by atoms with Crippen LogP contribution in [0.25, 0.3) is 11.0 Å². The third-order valence-electron chi connectivity index (χ3n) is 4.65. The van der Waals surface area contributed by atoms with E-state index < -0.39 is 0 Å². The molecule has 0 atom stereocenters. The van der Waals surface area contributed by atoms with Crippen LogP contribution in [0.2, 0.25) is 10.0 Å². The number of hydrogen-bond acceptors (Lipinski definition) is 4. The van der Waals surface area contributed by atoms with E-state index in [1.54, 1.807) is 30.3 Å². The van der Waals surface area contributed by atoms with Gasteiger partial charge in [0.15, 0.2) is 0 Å². The molecule has 4 aromatic rings. The normalized spacial score (nSPS) is 10.9. The average molecular weight is 441 g/mol. The lowest BCUT2D eigenvalue weighted by atomic mass is 10.1. The number of fused-ring (bicyclic) bond motifs is 1. The van der Waals surface area contributed by atoms with Crippen LogP contribution in [0, 0.1) is 13.8 Å². The highest BCUT2D eigenvalue weighted by Gasteiger charge is 2.12. The summed E-state index contributed by atoms with van der Waals surface area (Å²) in [4.78, 5) is 12.8.